The summed E-state index contributed by atoms with van der Waals surface area (Å²) in [6.45, 7) is 3.20. The third kappa shape index (κ3) is 6.79. The third-order valence-electron chi connectivity index (χ3n) is 3.47. The summed E-state index contributed by atoms with van der Waals surface area (Å²) < 4.78 is 4.92. The number of benzene rings is 1. The Balaban J connectivity index is 1.70. The number of aryl methyl sites for hydroxylation is 2. The molecular weight excluding hydrogens is 398 g/mol. The van der Waals surface area contributed by atoms with Crippen molar-refractivity contribution in [2.45, 2.75) is 19.8 Å². The smallest absolute Gasteiger partial charge is 0.316 e. The van der Waals surface area contributed by atoms with E-state index in [0.29, 0.717) is 10.7 Å². The maximum atomic E-state index is 12.1. The first-order chi connectivity index (χ1) is 13.4. The average Bonchev–Trinajstić information content (AvgIpc) is 3.06. The zero-order chi connectivity index (χ0) is 20.5. The maximum Gasteiger partial charge on any atom is 0.316 e. The molecule has 1 atom stereocenters. The van der Waals surface area contributed by atoms with Crippen molar-refractivity contribution in [1.29, 1.82) is 5.26 Å². The number of esters is 1. The Kier molecular flexibility index (Phi) is 8.17. The highest BCUT2D eigenvalue weighted by atomic mass is 32.2. The van der Waals surface area contributed by atoms with E-state index < -0.39 is 24.3 Å². The molecule has 28 heavy (non-hydrogen) atoms. The number of nitrogens with one attached hydrogen (secondary N) is 1. The summed E-state index contributed by atoms with van der Waals surface area (Å²) in [5, 5.41) is 14.1. The number of nitriles is 1. The Morgan fingerprint density at radius 2 is 2.11 bits per heavy atom. The van der Waals surface area contributed by atoms with Gasteiger partial charge in [0.15, 0.2) is 18.3 Å². The first-order valence-electron chi connectivity index (χ1n) is 8.33. The lowest BCUT2D eigenvalue weighted by Crippen LogP contribution is -2.21. The van der Waals surface area contributed by atoms with E-state index in [9.17, 15) is 19.6 Å². The third-order valence-corrected chi connectivity index (χ3v) is 5.40. The molecule has 1 amide bonds. The lowest BCUT2D eigenvalue weighted by Gasteiger charge is -2.07. The van der Waals surface area contributed by atoms with Crippen molar-refractivity contribution in [3.8, 4) is 6.07 Å². The van der Waals surface area contributed by atoms with Gasteiger partial charge >= 0.3 is 5.97 Å². The molecule has 0 fully saturated rings. The summed E-state index contributed by atoms with van der Waals surface area (Å²) in [7, 11) is 0. The molecule has 0 saturated carbocycles. The average molecular weight is 418 g/mol. The SMILES string of the molecule is Cc1cccc(NC(=O)CSCC(=O)OCC(=O)[C@@H](C#N)c2nc(C)cs2)c1. The summed E-state index contributed by atoms with van der Waals surface area (Å²) in [6.07, 6.45) is 0. The number of ketones is 1. The number of carbonyl (C=O) groups excluding carboxylic acids is 3. The molecule has 9 heteroatoms. The van der Waals surface area contributed by atoms with Crippen LogP contribution in [0.15, 0.2) is 29.6 Å². The van der Waals surface area contributed by atoms with Crippen molar-refractivity contribution >= 4 is 46.4 Å². The van der Waals surface area contributed by atoms with Crippen molar-refractivity contribution in [2.75, 3.05) is 23.4 Å². The Morgan fingerprint density at radius 1 is 1.32 bits per heavy atom. The molecule has 0 spiro atoms. The number of Topliss-reactive ketones (excluding diaryl/α,β-unsaturated/α-hetero) is 1. The molecule has 1 heterocycles. The van der Waals surface area contributed by atoms with Gasteiger partial charge in [0.05, 0.1) is 17.6 Å². The van der Waals surface area contributed by atoms with Gasteiger partial charge in [-0.3, -0.25) is 14.4 Å². The van der Waals surface area contributed by atoms with Crippen LogP contribution in [0.2, 0.25) is 0 Å². The molecule has 146 valence electrons. The number of thiazole rings is 1. The molecule has 2 aromatic rings. The van der Waals surface area contributed by atoms with Crippen LogP contribution < -0.4 is 5.32 Å². The first-order valence-corrected chi connectivity index (χ1v) is 10.4. The lowest BCUT2D eigenvalue weighted by molar-refractivity contribution is -0.145. The van der Waals surface area contributed by atoms with Gasteiger partial charge in [0.25, 0.3) is 0 Å². The number of aromatic nitrogens is 1. The molecule has 0 unspecified atom stereocenters. The highest BCUT2D eigenvalue weighted by molar-refractivity contribution is 8.00. The number of ether oxygens (including phenoxy) is 1. The van der Waals surface area contributed by atoms with E-state index in [1.807, 2.05) is 31.2 Å². The number of nitrogens with zero attached hydrogens (tertiary/aromatic N) is 2. The zero-order valence-electron chi connectivity index (χ0n) is 15.4. The topological polar surface area (TPSA) is 109 Å². The number of hydrogen-bond acceptors (Lipinski definition) is 8. The van der Waals surface area contributed by atoms with Crippen molar-refractivity contribution in [3.05, 3.63) is 45.9 Å². The van der Waals surface area contributed by atoms with Gasteiger partial charge in [-0.25, -0.2) is 4.98 Å². The summed E-state index contributed by atoms with van der Waals surface area (Å²) >= 11 is 2.31. The second-order valence-corrected chi connectivity index (χ2v) is 7.80. The number of thioether (sulfide) groups is 1. The van der Waals surface area contributed by atoms with Gasteiger partial charge in [-0.15, -0.1) is 23.1 Å². The van der Waals surface area contributed by atoms with Crippen LogP contribution in [0.3, 0.4) is 0 Å². The van der Waals surface area contributed by atoms with E-state index in [0.717, 1.165) is 23.0 Å². The number of hydrogen-bond donors (Lipinski definition) is 1. The van der Waals surface area contributed by atoms with E-state index in [1.165, 1.54) is 11.3 Å². The van der Waals surface area contributed by atoms with Crippen LogP contribution in [-0.2, 0) is 19.1 Å². The largest absolute Gasteiger partial charge is 0.457 e. The van der Waals surface area contributed by atoms with Crippen LogP contribution in [0, 0.1) is 25.2 Å². The van der Waals surface area contributed by atoms with Crippen LogP contribution in [0.5, 0.6) is 0 Å². The van der Waals surface area contributed by atoms with E-state index >= 15 is 0 Å². The fraction of sp³-hybridized carbons (Fsp3) is 0.316. The second kappa shape index (κ2) is 10.6. The number of rotatable bonds is 9. The number of anilines is 1. The van der Waals surface area contributed by atoms with Gasteiger partial charge in [-0.05, 0) is 31.5 Å². The first kappa shape index (κ1) is 21.6. The molecule has 1 aromatic carbocycles. The highest BCUT2D eigenvalue weighted by Crippen LogP contribution is 2.20. The van der Waals surface area contributed by atoms with Gasteiger partial charge < -0.3 is 10.1 Å². The molecule has 0 aliphatic heterocycles. The minimum Gasteiger partial charge on any atom is -0.457 e. The molecule has 0 saturated heterocycles. The van der Waals surface area contributed by atoms with Crippen molar-refractivity contribution in [3.63, 3.8) is 0 Å². The summed E-state index contributed by atoms with van der Waals surface area (Å²) in [4.78, 5) is 39.9. The monoisotopic (exact) mass is 417 g/mol. The quantitative estimate of drug-likeness (QED) is 0.625. The number of amides is 1. The van der Waals surface area contributed by atoms with Gasteiger partial charge in [0.2, 0.25) is 5.91 Å². The minimum absolute atomic E-state index is 0.0674. The van der Waals surface area contributed by atoms with Crippen molar-refractivity contribution < 1.29 is 19.1 Å². The summed E-state index contributed by atoms with van der Waals surface area (Å²) in [5.74, 6) is -2.40. The minimum atomic E-state index is -1.04. The standard InChI is InChI=1S/C19H19N3O4S2/c1-12-4-3-5-14(6-12)22-17(24)10-27-11-18(25)26-8-16(23)15(7-20)19-21-13(2)9-28-19/h3-6,9,15H,8,10-11H2,1-2H3,(H,22,24)/t15-/m1/s1. The predicted octanol–water partition coefficient (Wildman–Crippen LogP) is 2.85. The van der Waals surface area contributed by atoms with E-state index in [2.05, 4.69) is 10.3 Å². The molecule has 0 radical (unpaired) electrons. The molecular formula is C19H19N3O4S2. The van der Waals surface area contributed by atoms with Crippen LogP contribution >= 0.6 is 23.1 Å². The molecule has 0 bridgehead atoms. The van der Waals surface area contributed by atoms with E-state index in [-0.39, 0.29) is 17.4 Å². The number of carbonyl (C=O) groups is 3. The van der Waals surface area contributed by atoms with Gasteiger partial charge in [0, 0.05) is 16.8 Å². The van der Waals surface area contributed by atoms with Gasteiger partial charge in [0.1, 0.15) is 5.01 Å². The molecule has 1 N–H and O–H groups in total. The predicted molar refractivity (Wildman–Crippen MR) is 108 cm³/mol. The fourth-order valence-corrected chi connectivity index (χ4v) is 3.66. The fourth-order valence-electron chi connectivity index (χ4n) is 2.19. The normalized spacial score (nSPS) is 11.3. The molecule has 0 aliphatic carbocycles. The lowest BCUT2D eigenvalue weighted by atomic mass is 10.1. The van der Waals surface area contributed by atoms with Crippen LogP contribution in [-0.4, -0.2) is 40.8 Å². The summed E-state index contributed by atoms with van der Waals surface area (Å²) in [6, 6.07) is 9.28. The Labute approximate surface area is 171 Å². The zero-order valence-corrected chi connectivity index (χ0v) is 17.1. The molecule has 0 aliphatic rings. The van der Waals surface area contributed by atoms with Gasteiger partial charge in [-0.1, -0.05) is 12.1 Å². The van der Waals surface area contributed by atoms with Crippen molar-refractivity contribution in [1.82, 2.24) is 4.98 Å². The molecule has 7 nitrogen and oxygen atoms in total. The van der Waals surface area contributed by atoms with Crippen molar-refractivity contribution in [2.24, 2.45) is 0 Å². The van der Waals surface area contributed by atoms with Crippen LogP contribution in [0.1, 0.15) is 22.2 Å². The van der Waals surface area contributed by atoms with E-state index in [4.69, 9.17) is 4.74 Å². The molecule has 2 rings (SSSR count). The Bertz CT molecular complexity index is 905. The highest BCUT2D eigenvalue weighted by Gasteiger charge is 2.24. The Hall–Kier alpha value is -2.70. The maximum absolute atomic E-state index is 12.1. The summed E-state index contributed by atoms with van der Waals surface area (Å²) in [5.41, 5.74) is 2.45. The van der Waals surface area contributed by atoms with Gasteiger partial charge in [-0.2, -0.15) is 5.26 Å². The second-order valence-electron chi connectivity index (χ2n) is 5.93. The molecule has 1 aromatic heterocycles. The van der Waals surface area contributed by atoms with Crippen LogP contribution in [0.4, 0.5) is 5.69 Å². The Morgan fingerprint density at radius 3 is 2.75 bits per heavy atom. The van der Waals surface area contributed by atoms with E-state index in [1.54, 1.807) is 18.4 Å². The van der Waals surface area contributed by atoms with Crippen LogP contribution in [0.25, 0.3) is 0 Å².